The molecule has 0 aliphatic heterocycles. The van der Waals surface area contributed by atoms with Crippen molar-refractivity contribution in [2.45, 2.75) is 59.4 Å². The number of benzene rings is 1. The van der Waals surface area contributed by atoms with E-state index < -0.39 is 5.41 Å². The molecule has 0 radical (unpaired) electrons. The van der Waals surface area contributed by atoms with Gasteiger partial charge in [0.1, 0.15) is 0 Å². The SMILES string of the molecule is CC(NC(=O)CCNC(=O)C(C)(C)C)C(C)(C)c1ccccc1. The summed E-state index contributed by atoms with van der Waals surface area (Å²) in [4.78, 5) is 23.9. The normalized spacial score (nSPS) is 13.3. The smallest absolute Gasteiger partial charge is 0.225 e. The van der Waals surface area contributed by atoms with Crippen LogP contribution in [0.25, 0.3) is 0 Å². The number of carbonyl (C=O) groups excluding carboxylic acids is 2. The van der Waals surface area contributed by atoms with Gasteiger partial charge in [0.25, 0.3) is 0 Å². The van der Waals surface area contributed by atoms with Crippen LogP contribution in [-0.2, 0) is 15.0 Å². The molecule has 0 spiro atoms. The average Bonchev–Trinajstić information content (AvgIpc) is 2.46. The first kappa shape index (κ1) is 19.2. The third-order valence-corrected chi connectivity index (χ3v) is 4.30. The fourth-order valence-electron chi connectivity index (χ4n) is 2.17. The summed E-state index contributed by atoms with van der Waals surface area (Å²) in [6.45, 7) is 12.2. The Balaban J connectivity index is 2.49. The highest BCUT2D eigenvalue weighted by atomic mass is 16.2. The maximum Gasteiger partial charge on any atom is 0.225 e. The minimum absolute atomic E-state index is 0.00397. The lowest BCUT2D eigenvalue weighted by Gasteiger charge is -2.33. The summed E-state index contributed by atoms with van der Waals surface area (Å²) >= 11 is 0. The first-order chi connectivity index (χ1) is 10.5. The highest BCUT2D eigenvalue weighted by molar-refractivity contribution is 5.82. The summed E-state index contributed by atoms with van der Waals surface area (Å²) in [5.74, 6) is -0.0846. The van der Waals surface area contributed by atoms with E-state index in [0.717, 1.165) is 0 Å². The molecular weight excluding hydrogens is 288 g/mol. The number of rotatable bonds is 6. The van der Waals surface area contributed by atoms with Gasteiger partial charge in [-0.3, -0.25) is 9.59 Å². The van der Waals surface area contributed by atoms with Gasteiger partial charge < -0.3 is 10.6 Å². The molecule has 1 unspecified atom stereocenters. The molecule has 4 heteroatoms. The molecule has 0 bridgehead atoms. The highest BCUT2D eigenvalue weighted by Crippen LogP contribution is 2.26. The minimum Gasteiger partial charge on any atom is -0.355 e. The summed E-state index contributed by atoms with van der Waals surface area (Å²) in [6, 6.07) is 10.1. The molecule has 2 amide bonds. The van der Waals surface area contributed by atoms with Gasteiger partial charge in [0.2, 0.25) is 11.8 Å². The molecule has 0 aliphatic carbocycles. The third kappa shape index (κ3) is 5.70. The van der Waals surface area contributed by atoms with Crippen LogP contribution < -0.4 is 10.6 Å². The van der Waals surface area contributed by atoms with Gasteiger partial charge in [-0.05, 0) is 12.5 Å². The molecule has 4 nitrogen and oxygen atoms in total. The van der Waals surface area contributed by atoms with E-state index in [9.17, 15) is 9.59 Å². The molecule has 128 valence electrons. The Morgan fingerprint density at radius 1 is 1.04 bits per heavy atom. The van der Waals surface area contributed by atoms with Crippen LogP contribution in [-0.4, -0.2) is 24.4 Å². The fourth-order valence-corrected chi connectivity index (χ4v) is 2.17. The Morgan fingerprint density at radius 2 is 1.61 bits per heavy atom. The second kappa shape index (κ2) is 7.62. The number of hydrogen-bond acceptors (Lipinski definition) is 2. The lowest BCUT2D eigenvalue weighted by molar-refractivity contribution is -0.128. The first-order valence-electron chi connectivity index (χ1n) is 8.18. The van der Waals surface area contributed by atoms with Crippen LogP contribution in [0.4, 0.5) is 0 Å². The topological polar surface area (TPSA) is 58.2 Å². The Labute approximate surface area is 140 Å². The van der Waals surface area contributed by atoms with Crippen molar-refractivity contribution in [3.63, 3.8) is 0 Å². The fraction of sp³-hybridized carbons (Fsp3) is 0.579. The van der Waals surface area contributed by atoms with Gasteiger partial charge in [0.15, 0.2) is 0 Å². The minimum atomic E-state index is -0.431. The Hall–Kier alpha value is -1.84. The summed E-state index contributed by atoms with van der Waals surface area (Å²) < 4.78 is 0. The van der Waals surface area contributed by atoms with Gasteiger partial charge in [-0.15, -0.1) is 0 Å². The third-order valence-electron chi connectivity index (χ3n) is 4.30. The maximum absolute atomic E-state index is 12.1. The lowest BCUT2D eigenvalue weighted by atomic mass is 9.78. The summed E-state index contributed by atoms with van der Waals surface area (Å²) in [5, 5.41) is 5.84. The van der Waals surface area contributed by atoms with Crippen LogP contribution in [0.2, 0.25) is 0 Å². The van der Waals surface area contributed by atoms with E-state index in [1.54, 1.807) is 0 Å². The molecule has 2 N–H and O–H groups in total. The summed E-state index contributed by atoms with van der Waals surface area (Å²) in [5.41, 5.74) is 0.596. The van der Waals surface area contributed by atoms with Crippen LogP contribution in [0.5, 0.6) is 0 Å². The van der Waals surface area contributed by atoms with Crippen molar-refractivity contribution in [1.82, 2.24) is 10.6 Å². The van der Waals surface area contributed by atoms with Crippen molar-refractivity contribution >= 4 is 11.8 Å². The number of nitrogens with one attached hydrogen (secondary N) is 2. The Morgan fingerprint density at radius 3 is 2.13 bits per heavy atom. The highest BCUT2D eigenvalue weighted by Gasteiger charge is 2.29. The zero-order valence-corrected chi connectivity index (χ0v) is 15.2. The van der Waals surface area contributed by atoms with Crippen LogP contribution in [0.1, 0.15) is 53.5 Å². The molecule has 0 heterocycles. The van der Waals surface area contributed by atoms with Crippen LogP contribution in [0.15, 0.2) is 30.3 Å². The molecule has 23 heavy (non-hydrogen) atoms. The molecule has 1 aromatic carbocycles. The van der Waals surface area contributed by atoms with E-state index in [1.165, 1.54) is 5.56 Å². The van der Waals surface area contributed by atoms with Gasteiger partial charge in [-0.2, -0.15) is 0 Å². The largest absolute Gasteiger partial charge is 0.355 e. The van der Waals surface area contributed by atoms with E-state index >= 15 is 0 Å². The average molecular weight is 318 g/mol. The Kier molecular flexibility index (Phi) is 6.37. The molecule has 1 aromatic rings. The van der Waals surface area contributed by atoms with E-state index in [-0.39, 0.29) is 29.7 Å². The number of amides is 2. The molecule has 1 atom stereocenters. The van der Waals surface area contributed by atoms with E-state index in [4.69, 9.17) is 0 Å². The molecule has 0 aliphatic rings. The summed E-state index contributed by atoms with van der Waals surface area (Å²) in [7, 11) is 0. The molecule has 1 rings (SSSR count). The zero-order chi connectivity index (χ0) is 17.7. The second-order valence-corrected chi connectivity index (χ2v) is 7.63. The zero-order valence-electron chi connectivity index (χ0n) is 15.2. The molecular formula is C19H30N2O2. The Bertz CT molecular complexity index is 530. The van der Waals surface area contributed by atoms with Crippen molar-refractivity contribution in [3.05, 3.63) is 35.9 Å². The van der Waals surface area contributed by atoms with Crippen molar-refractivity contribution in [1.29, 1.82) is 0 Å². The number of hydrogen-bond donors (Lipinski definition) is 2. The van der Waals surface area contributed by atoms with E-state index in [1.807, 2.05) is 45.9 Å². The molecule has 0 saturated carbocycles. The monoisotopic (exact) mass is 318 g/mol. The van der Waals surface area contributed by atoms with Gasteiger partial charge in [0, 0.05) is 29.8 Å². The van der Waals surface area contributed by atoms with Crippen molar-refractivity contribution in [2.75, 3.05) is 6.54 Å². The lowest BCUT2D eigenvalue weighted by Crippen LogP contribution is -2.46. The quantitative estimate of drug-likeness (QED) is 0.847. The van der Waals surface area contributed by atoms with Crippen LogP contribution in [0, 0.1) is 5.41 Å². The standard InChI is InChI=1S/C19H30N2O2/c1-14(19(5,6)15-10-8-7-9-11-15)21-16(22)12-13-20-17(23)18(2,3)4/h7-11,14H,12-13H2,1-6H3,(H,20,23)(H,21,22). The van der Waals surface area contributed by atoms with Gasteiger partial charge >= 0.3 is 0 Å². The van der Waals surface area contributed by atoms with Crippen molar-refractivity contribution < 1.29 is 9.59 Å². The van der Waals surface area contributed by atoms with Gasteiger partial charge in [-0.25, -0.2) is 0 Å². The maximum atomic E-state index is 12.1. The molecule has 0 fully saturated rings. The van der Waals surface area contributed by atoms with Gasteiger partial charge in [-0.1, -0.05) is 65.0 Å². The van der Waals surface area contributed by atoms with Crippen molar-refractivity contribution in [3.8, 4) is 0 Å². The second-order valence-electron chi connectivity index (χ2n) is 7.63. The van der Waals surface area contributed by atoms with Crippen molar-refractivity contribution in [2.24, 2.45) is 5.41 Å². The number of carbonyl (C=O) groups is 2. The van der Waals surface area contributed by atoms with E-state index in [2.05, 4.69) is 36.6 Å². The van der Waals surface area contributed by atoms with E-state index in [0.29, 0.717) is 6.54 Å². The van der Waals surface area contributed by atoms with Crippen LogP contribution in [0.3, 0.4) is 0 Å². The predicted molar refractivity (Wildman–Crippen MR) is 94.2 cm³/mol. The molecule has 0 saturated heterocycles. The molecule has 0 aromatic heterocycles. The van der Waals surface area contributed by atoms with Gasteiger partial charge in [0.05, 0.1) is 0 Å². The van der Waals surface area contributed by atoms with Crippen LogP contribution >= 0.6 is 0 Å². The summed E-state index contributed by atoms with van der Waals surface area (Å²) in [6.07, 6.45) is 0.289. The first-order valence-corrected chi connectivity index (χ1v) is 8.18. The predicted octanol–water partition coefficient (Wildman–Crippen LogP) is 3.02.